The minimum Gasteiger partial charge on any atom is -0.330 e. The van der Waals surface area contributed by atoms with Crippen LogP contribution in [0.1, 0.15) is 31.2 Å². The van der Waals surface area contributed by atoms with E-state index < -0.39 is 0 Å². The first-order valence-corrected chi connectivity index (χ1v) is 11.4. The van der Waals surface area contributed by atoms with Crippen molar-refractivity contribution < 1.29 is 4.79 Å². The number of aromatic amines is 1. The summed E-state index contributed by atoms with van der Waals surface area (Å²) in [6.45, 7) is 2.02. The molecule has 1 saturated carbocycles. The quantitative estimate of drug-likeness (QED) is 0.565. The summed E-state index contributed by atoms with van der Waals surface area (Å²) in [7, 11) is 0. The van der Waals surface area contributed by atoms with Gasteiger partial charge in [-0.3, -0.25) is 4.90 Å². The first kappa shape index (κ1) is 23.5. The molecule has 10 heteroatoms. The van der Waals surface area contributed by atoms with Gasteiger partial charge in [0.2, 0.25) is 0 Å². The molecule has 3 N–H and O–H groups in total. The fourth-order valence-electron chi connectivity index (χ4n) is 5.11. The number of nitrogens with zero attached hydrogens (tertiary/aromatic N) is 5. The highest BCUT2D eigenvalue weighted by atomic mass is 35.5. The van der Waals surface area contributed by atoms with E-state index in [0.29, 0.717) is 18.9 Å². The van der Waals surface area contributed by atoms with Gasteiger partial charge in [-0.1, -0.05) is 23.7 Å². The van der Waals surface area contributed by atoms with Crippen molar-refractivity contribution in [3.8, 4) is 11.4 Å². The zero-order valence-corrected chi connectivity index (χ0v) is 19.7. The van der Waals surface area contributed by atoms with Crippen LogP contribution in [0.4, 0.5) is 10.5 Å². The highest BCUT2D eigenvalue weighted by Gasteiger charge is 2.41. The summed E-state index contributed by atoms with van der Waals surface area (Å²) in [6.07, 6.45) is 3.80. The van der Waals surface area contributed by atoms with Crippen LogP contribution in [0.15, 0.2) is 48.5 Å². The van der Waals surface area contributed by atoms with Crippen molar-refractivity contribution in [2.24, 2.45) is 5.73 Å². The van der Waals surface area contributed by atoms with Gasteiger partial charge in [0.15, 0.2) is 5.82 Å². The number of anilines is 1. The number of carbonyl (C=O) groups excluding carboxylic acids is 1. The fourth-order valence-corrected chi connectivity index (χ4v) is 5.30. The molecule has 1 aromatic heterocycles. The third-order valence-electron chi connectivity index (χ3n) is 7.02. The van der Waals surface area contributed by atoms with Crippen LogP contribution in [0, 0.1) is 0 Å². The van der Waals surface area contributed by atoms with Crippen LogP contribution in [0.5, 0.6) is 0 Å². The Bertz CT molecular complexity index is 1080. The Hall–Kier alpha value is -2.68. The second-order valence-electron chi connectivity index (χ2n) is 8.65. The number of aromatic nitrogens is 4. The summed E-state index contributed by atoms with van der Waals surface area (Å²) in [6, 6.07) is 16.1. The minimum absolute atomic E-state index is 0. The summed E-state index contributed by atoms with van der Waals surface area (Å²) in [5.41, 5.74) is 9.17. The molecule has 2 aliphatic rings. The van der Waals surface area contributed by atoms with E-state index in [1.165, 1.54) is 5.56 Å². The summed E-state index contributed by atoms with van der Waals surface area (Å²) in [5, 5.41) is 14.6. The average molecular weight is 488 g/mol. The number of amides is 2. The van der Waals surface area contributed by atoms with Gasteiger partial charge in [0, 0.05) is 47.4 Å². The number of hydrogen-bond donors (Lipinski definition) is 2. The van der Waals surface area contributed by atoms with Crippen LogP contribution in [0.3, 0.4) is 0 Å². The molecule has 3 aromatic rings. The molecule has 1 saturated heterocycles. The number of H-pyrrole nitrogens is 1. The van der Waals surface area contributed by atoms with Crippen molar-refractivity contribution in [1.29, 1.82) is 0 Å². The van der Waals surface area contributed by atoms with Gasteiger partial charge < -0.3 is 10.6 Å². The van der Waals surface area contributed by atoms with E-state index in [2.05, 4.69) is 26.7 Å². The predicted octanol–water partition coefficient (Wildman–Crippen LogP) is 4.02. The van der Waals surface area contributed by atoms with Crippen molar-refractivity contribution in [1.82, 2.24) is 25.5 Å². The van der Waals surface area contributed by atoms with E-state index >= 15 is 0 Å². The molecule has 0 radical (unpaired) electrons. The zero-order chi connectivity index (χ0) is 22.1. The highest BCUT2D eigenvalue weighted by Crippen LogP contribution is 2.41. The summed E-state index contributed by atoms with van der Waals surface area (Å²) >= 11 is 6.24. The number of hydrogen-bond acceptors (Lipinski definition) is 5. The molecule has 5 rings (SSSR count). The third-order valence-corrected chi connectivity index (χ3v) is 7.25. The maximum Gasteiger partial charge on any atom is 0.324 e. The lowest BCUT2D eigenvalue weighted by molar-refractivity contribution is 0.156. The molecule has 2 fully saturated rings. The summed E-state index contributed by atoms with van der Waals surface area (Å²) in [5.74, 6) is 0.608. The maximum absolute atomic E-state index is 13.2. The van der Waals surface area contributed by atoms with Gasteiger partial charge in [0.25, 0.3) is 0 Å². The number of halogens is 2. The molecule has 0 atom stereocenters. The van der Waals surface area contributed by atoms with Crippen molar-refractivity contribution in [3.63, 3.8) is 0 Å². The Morgan fingerprint density at radius 3 is 2.52 bits per heavy atom. The smallest absolute Gasteiger partial charge is 0.324 e. The molecule has 2 heterocycles. The maximum atomic E-state index is 13.2. The number of benzene rings is 2. The fraction of sp³-hybridized carbons (Fsp3) is 0.391. The van der Waals surface area contributed by atoms with E-state index in [0.717, 1.165) is 48.5 Å². The van der Waals surface area contributed by atoms with Gasteiger partial charge in [-0.25, -0.2) is 9.89 Å². The van der Waals surface area contributed by atoms with Crippen molar-refractivity contribution in [2.45, 2.75) is 37.1 Å². The van der Waals surface area contributed by atoms with Crippen LogP contribution < -0.4 is 10.6 Å². The predicted molar refractivity (Wildman–Crippen MR) is 131 cm³/mol. The lowest BCUT2D eigenvalue weighted by Gasteiger charge is -2.42. The monoisotopic (exact) mass is 487 g/mol. The van der Waals surface area contributed by atoms with Gasteiger partial charge in [0.1, 0.15) is 0 Å². The Kier molecular flexibility index (Phi) is 6.88. The van der Waals surface area contributed by atoms with E-state index in [1.54, 1.807) is 0 Å². The number of carbonyl (C=O) groups is 1. The van der Waals surface area contributed by atoms with Crippen LogP contribution >= 0.6 is 24.0 Å². The standard InChI is InChI=1S/C23H26ClN7O.ClH/c24-18-3-1-2-17(14-18)23(15-25)10-8-20(9-11-23)31-13-12-30(22(31)32)19-6-4-16(5-7-19)21-26-28-29-27-21;/h1-7,14,20H,8-13,15,25H2,(H,26,27,28,29);1H/t20-,23-;. The molecule has 2 aromatic carbocycles. The highest BCUT2D eigenvalue weighted by molar-refractivity contribution is 6.30. The lowest BCUT2D eigenvalue weighted by atomic mass is 9.68. The molecule has 0 spiro atoms. The molecule has 0 unspecified atom stereocenters. The summed E-state index contributed by atoms with van der Waals surface area (Å²) < 4.78 is 0. The largest absolute Gasteiger partial charge is 0.330 e. The van der Waals surface area contributed by atoms with E-state index in [1.807, 2.05) is 52.3 Å². The van der Waals surface area contributed by atoms with Crippen molar-refractivity contribution in [2.75, 3.05) is 24.5 Å². The van der Waals surface area contributed by atoms with Crippen molar-refractivity contribution >= 4 is 35.7 Å². The molecular weight excluding hydrogens is 461 g/mol. The molecule has 8 nitrogen and oxygen atoms in total. The average Bonchev–Trinajstić information content (AvgIpc) is 3.50. The number of tetrazole rings is 1. The van der Waals surface area contributed by atoms with Gasteiger partial charge in [-0.05, 0) is 78.1 Å². The molecule has 174 valence electrons. The first-order valence-electron chi connectivity index (χ1n) is 11.0. The normalized spacial score (nSPS) is 23.0. The molecule has 1 aliphatic heterocycles. The van der Waals surface area contributed by atoms with Gasteiger partial charge in [0.05, 0.1) is 0 Å². The second kappa shape index (κ2) is 9.67. The van der Waals surface area contributed by atoms with Crippen LogP contribution in [-0.4, -0.2) is 57.2 Å². The topological polar surface area (TPSA) is 104 Å². The Balaban J connectivity index is 0.00000259. The van der Waals surface area contributed by atoms with Gasteiger partial charge in [-0.15, -0.1) is 17.5 Å². The SMILES string of the molecule is Cl.NC[C@]1(c2cccc(Cl)c2)CC[C@H](N2CCN(c3ccc(-c4nnn[nH]4)cc3)C2=O)CC1. The lowest BCUT2D eigenvalue weighted by Crippen LogP contribution is -2.46. The molecule has 1 aliphatic carbocycles. The Morgan fingerprint density at radius 2 is 1.88 bits per heavy atom. The van der Waals surface area contributed by atoms with Crippen LogP contribution in [-0.2, 0) is 5.41 Å². The Morgan fingerprint density at radius 1 is 1.12 bits per heavy atom. The number of nitrogens with two attached hydrogens (primary N) is 1. The number of urea groups is 1. The van der Waals surface area contributed by atoms with E-state index in [9.17, 15) is 4.79 Å². The number of nitrogens with one attached hydrogen (secondary N) is 1. The first-order chi connectivity index (χ1) is 15.6. The van der Waals surface area contributed by atoms with Crippen LogP contribution in [0.2, 0.25) is 5.02 Å². The zero-order valence-electron chi connectivity index (χ0n) is 18.2. The minimum atomic E-state index is -0.0603. The molecular formula is C23H27Cl2N7O. The summed E-state index contributed by atoms with van der Waals surface area (Å²) in [4.78, 5) is 17.1. The number of rotatable bonds is 5. The van der Waals surface area contributed by atoms with Gasteiger partial charge in [-0.2, -0.15) is 0 Å². The Labute approximate surface area is 203 Å². The second-order valence-corrected chi connectivity index (χ2v) is 9.09. The van der Waals surface area contributed by atoms with E-state index in [-0.39, 0.29) is 29.9 Å². The molecule has 2 amide bonds. The molecule has 0 bridgehead atoms. The van der Waals surface area contributed by atoms with Crippen molar-refractivity contribution in [3.05, 3.63) is 59.1 Å². The van der Waals surface area contributed by atoms with Crippen LogP contribution in [0.25, 0.3) is 11.4 Å². The molecule has 33 heavy (non-hydrogen) atoms. The van der Waals surface area contributed by atoms with Gasteiger partial charge >= 0.3 is 6.03 Å². The third kappa shape index (κ3) is 4.43. The van der Waals surface area contributed by atoms with E-state index in [4.69, 9.17) is 17.3 Å².